The highest BCUT2D eigenvalue weighted by molar-refractivity contribution is 6.10. The molecule has 9 aromatic carbocycles. The summed E-state index contributed by atoms with van der Waals surface area (Å²) in [7, 11) is 0. The van der Waals surface area contributed by atoms with Gasteiger partial charge in [0, 0.05) is 33.5 Å². The van der Waals surface area contributed by atoms with Gasteiger partial charge in [-0.15, -0.1) is 0 Å². The van der Waals surface area contributed by atoms with E-state index in [2.05, 4.69) is 240 Å². The quantitative estimate of drug-likeness (QED) is 0.152. The van der Waals surface area contributed by atoms with Gasteiger partial charge in [0.15, 0.2) is 0 Å². The first-order valence-electron chi connectivity index (χ1n) is 19.2. The van der Waals surface area contributed by atoms with Gasteiger partial charge in [0.05, 0.1) is 11.0 Å². The molecule has 0 bridgehead atoms. The van der Waals surface area contributed by atoms with Gasteiger partial charge in [-0.05, 0) is 105 Å². The zero-order valence-electron chi connectivity index (χ0n) is 30.8. The van der Waals surface area contributed by atoms with E-state index in [-0.39, 0.29) is 0 Å². The van der Waals surface area contributed by atoms with Crippen LogP contribution in [0.3, 0.4) is 0 Å². The van der Waals surface area contributed by atoms with Crippen molar-refractivity contribution >= 4 is 38.9 Å². The van der Waals surface area contributed by atoms with Crippen LogP contribution in [0, 0.1) is 0 Å². The Morgan fingerprint density at radius 3 is 1.29 bits per heavy atom. The number of fused-ring (bicyclic) bond motifs is 3. The molecular weight excluding hydrogens is 677 g/mol. The van der Waals surface area contributed by atoms with E-state index in [1.165, 1.54) is 66.3 Å². The second kappa shape index (κ2) is 14.4. The number of hydrogen-bond donors (Lipinski definition) is 0. The minimum Gasteiger partial charge on any atom is -0.311 e. The molecule has 1 heterocycles. The Hall–Kier alpha value is -7.42. The van der Waals surface area contributed by atoms with Crippen LogP contribution in [0.2, 0.25) is 0 Å². The minimum absolute atomic E-state index is 1.11. The van der Waals surface area contributed by atoms with Gasteiger partial charge < -0.3 is 9.47 Å². The van der Waals surface area contributed by atoms with Crippen molar-refractivity contribution in [2.45, 2.75) is 0 Å². The Labute approximate surface area is 327 Å². The van der Waals surface area contributed by atoms with Crippen molar-refractivity contribution in [2.24, 2.45) is 0 Å². The first-order chi connectivity index (χ1) is 27.8. The second-order valence-corrected chi connectivity index (χ2v) is 14.2. The summed E-state index contributed by atoms with van der Waals surface area (Å²) >= 11 is 0. The Bertz CT molecular complexity index is 2910. The molecule has 10 rings (SSSR count). The first-order valence-corrected chi connectivity index (χ1v) is 19.2. The van der Waals surface area contributed by atoms with Crippen LogP contribution < -0.4 is 4.90 Å². The molecule has 0 aliphatic carbocycles. The summed E-state index contributed by atoms with van der Waals surface area (Å²) < 4.78 is 2.41. The largest absolute Gasteiger partial charge is 0.311 e. The van der Waals surface area contributed by atoms with Crippen LogP contribution in [-0.4, -0.2) is 4.57 Å². The molecule has 0 N–H and O–H groups in total. The summed E-state index contributed by atoms with van der Waals surface area (Å²) in [4.78, 5) is 2.32. The molecule has 0 aliphatic heterocycles. The van der Waals surface area contributed by atoms with E-state index in [1.807, 2.05) is 0 Å². The van der Waals surface area contributed by atoms with Gasteiger partial charge in [-0.3, -0.25) is 0 Å². The van der Waals surface area contributed by atoms with Crippen LogP contribution in [0.15, 0.2) is 231 Å². The standard InChI is InChI=1S/C54H38N2/c1-4-14-39(15-5-1)41-24-31-46(32-25-41)55(45-18-8-3-9-19-45)47-35-28-43(29-36-47)49-20-10-11-21-50(49)44-30-37-52-51-22-12-13-23-53(51)56(54(52)38-44)48-33-26-42(27-34-48)40-16-6-2-7-17-40/h1-38H. The van der Waals surface area contributed by atoms with Crippen LogP contribution in [-0.2, 0) is 0 Å². The van der Waals surface area contributed by atoms with Gasteiger partial charge >= 0.3 is 0 Å². The van der Waals surface area contributed by atoms with Crippen molar-refractivity contribution in [1.29, 1.82) is 0 Å². The zero-order valence-corrected chi connectivity index (χ0v) is 30.8. The van der Waals surface area contributed by atoms with E-state index in [9.17, 15) is 0 Å². The monoisotopic (exact) mass is 714 g/mol. The molecule has 2 heteroatoms. The highest BCUT2D eigenvalue weighted by Crippen LogP contribution is 2.40. The molecule has 0 atom stereocenters. The zero-order chi connectivity index (χ0) is 37.3. The summed E-state index contributed by atoms with van der Waals surface area (Å²) in [5, 5.41) is 2.50. The summed E-state index contributed by atoms with van der Waals surface area (Å²) in [6.45, 7) is 0. The highest BCUT2D eigenvalue weighted by Gasteiger charge is 2.17. The van der Waals surface area contributed by atoms with E-state index in [4.69, 9.17) is 0 Å². The smallest absolute Gasteiger partial charge is 0.0547 e. The van der Waals surface area contributed by atoms with Crippen LogP contribution in [0.25, 0.3) is 72.0 Å². The average molecular weight is 715 g/mol. The molecule has 10 aromatic rings. The molecular formula is C54H38N2. The van der Waals surface area contributed by atoms with Crippen molar-refractivity contribution in [3.05, 3.63) is 231 Å². The lowest BCUT2D eigenvalue weighted by Crippen LogP contribution is -2.09. The molecule has 0 amide bonds. The van der Waals surface area contributed by atoms with Gasteiger partial charge in [-0.1, -0.05) is 170 Å². The fourth-order valence-corrected chi connectivity index (χ4v) is 8.08. The average Bonchev–Trinajstić information content (AvgIpc) is 3.62. The maximum atomic E-state index is 2.41. The van der Waals surface area contributed by atoms with Crippen molar-refractivity contribution in [3.63, 3.8) is 0 Å². The lowest BCUT2D eigenvalue weighted by Gasteiger charge is -2.26. The number of anilines is 3. The molecule has 0 spiro atoms. The van der Waals surface area contributed by atoms with E-state index in [0.29, 0.717) is 0 Å². The molecule has 0 saturated heterocycles. The number of rotatable bonds is 8. The topological polar surface area (TPSA) is 8.17 Å². The van der Waals surface area contributed by atoms with Gasteiger partial charge in [0.25, 0.3) is 0 Å². The van der Waals surface area contributed by atoms with Crippen LogP contribution >= 0.6 is 0 Å². The number of nitrogens with zero attached hydrogens (tertiary/aromatic N) is 2. The van der Waals surface area contributed by atoms with E-state index < -0.39 is 0 Å². The molecule has 0 unspecified atom stereocenters. The van der Waals surface area contributed by atoms with E-state index >= 15 is 0 Å². The molecule has 0 saturated carbocycles. The summed E-state index contributed by atoms with van der Waals surface area (Å²) in [6, 6.07) is 82.9. The molecule has 0 radical (unpaired) electrons. The van der Waals surface area contributed by atoms with Crippen molar-refractivity contribution in [2.75, 3.05) is 4.90 Å². The fraction of sp³-hybridized carbons (Fsp3) is 0. The molecule has 2 nitrogen and oxygen atoms in total. The van der Waals surface area contributed by atoms with Gasteiger partial charge in [-0.2, -0.15) is 0 Å². The lowest BCUT2D eigenvalue weighted by molar-refractivity contribution is 1.18. The Morgan fingerprint density at radius 1 is 0.268 bits per heavy atom. The molecule has 264 valence electrons. The van der Waals surface area contributed by atoms with Crippen LogP contribution in [0.1, 0.15) is 0 Å². The van der Waals surface area contributed by atoms with Crippen LogP contribution in [0.5, 0.6) is 0 Å². The first kappa shape index (κ1) is 33.2. The number of benzene rings is 9. The van der Waals surface area contributed by atoms with Crippen molar-refractivity contribution in [1.82, 2.24) is 4.57 Å². The summed E-state index contributed by atoms with van der Waals surface area (Å²) in [6.07, 6.45) is 0. The number of para-hydroxylation sites is 2. The van der Waals surface area contributed by atoms with E-state index in [0.717, 1.165) is 22.7 Å². The molecule has 56 heavy (non-hydrogen) atoms. The SMILES string of the molecule is c1ccc(-c2ccc(N(c3ccccc3)c3ccc(-c4ccccc4-c4ccc5c6ccccc6n(-c6ccc(-c7ccccc7)cc6)c5c4)cc3)cc2)cc1. The number of hydrogen-bond acceptors (Lipinski definition) is 1. The third-order valence-corrected chi connectivity index (χ3v) is 10.8. The fourth-order valence-electron chi connectivity index (χ4n) is 8.08. The summed E-state index contributed by atoms with van der Waals surface area (Å²) in [5.74, 6) is 0. The normalized spacial score (nSPS) is 11.2. The van der Waals surface area contributed by atoms with E-state index in [1.54, 1.807) is 0 Å². The minimum atomic E-state index is 1.11. The lowest BCUT2D eigenvalue weighted by atomic mass is 9.93. The third kappa shape index (κ3) is 6.14. The van der Waals surface area contributed by atoms with Crippen LogP contribution in [0.4, 0.5) is 17.1 Å². The molecule has 0 aliphatic rings. The van der Waals surface area contributed by atoms with Gasteiger partial charge in [-0.25, -0.2) is 0 Å². The molecule has 0 fully saturated rings. The second-order valence-electron chi connectivity index (χ2n) is 14.2. The molecule has 1 aromatic heterocycles. The van der Waals surface area contributed by atoms with Crippen molar-refractivity contribution < 1.29 is 0 Å². The summed E-state index contributed by atoms with van der Waals surface area (Å²) in [5.41, 5.74) is 16.5. The Balaban J connectivity index is 1.03. The predicted octanol–water partition coefficient (Wildman–Crippen LogP) is 14.9. The third-order valence-electron chi connectivity index (χ3n) is 10.8. The Morgan fingerprint density at radius 2 is 0.679 bits per heavy atom. The van der Waals surface area contributed by atoms with Gasteiger partial charge in [0.1, 0.15) is 0 Å². The maximum Gasteiger partial charge on any atom is 0.0547 e. The highest BCUT2D eigenvalue weighted by atomic mass is 15.1. The Kier molecular flexibility index (Phi) is 8.55. The van der Waals surface area contributed by atoms with Gasteiger partial charge in [0.2, 0.25) is 0 Å². The number of aromatic nitrogens is 1. The maximum absolute atomic E-state index is 2.41. The predicted molar refractivity (Wildman–Crippen MR) is 237 cm³/mol. The van der Waals surface area contributed by atoms with Crippen molar-refractivity contribution in [3.8, 4) is 50.2 Å².